The van der Waals surface area contributed by atoms with Gasteiger partial charge in [-0.25, -0.2) is 4.98 Å². The molecule has 2 nitrogen and oxygen atoms in total. The Morgan fingerprint density at radius 3 is 2.73 bits per heavy atom. The molecule has 2 rings (SSSR count). The van der Waals surface area contributed by atoms with Crippen LogP contribution in [-0.4, -0.2) is 4.98 Å². The van der Waals surface area contributed by atoms with Crippen molar-refractivity contribution in [1.82, 2.24) is 4.98 Å². The van der Waals surface area contributed by atoms with Gasteiger partial charge in [-0.05, 0) is 12.1 Å². The van der Waals surface area contributed by atoms with Crippen molar-refractivity contribution in [3.8, 4) is 11.3 Å². The Morgan fingerprint density at radius 2 is 2.07 bits per heavy atom. The predicted octanol–water partition coefficient (Wildman–Crippen LogP) is 3.58. The molecule has 1 aromatic heterocycles. The van der Waals surface area contributed by atoms with E-state index in [2.05, 4.69) is 4.98 Å². The molecule has 0 aliphatic heterocycles. The van der Waals surface area contributed by atoms with Crippen molar-refractivity contribution in [2.24, 2.45) is 5.73 Å². The fraction of sp³-hybridized carbons (Fsp3) is 0.100. The van der Waals surface area contributed by atoms with Crippen LogP contribution < -0.4 is 5.73 Å². The molecule has 1 heterocycles. The average Bonchev–Trinajstić information content (AvgIpc) is 2.70. The van der Waals surface area contributed by atoms with E-state index >= 15 is 0 Å². The summed E-state index contributed by atoms with van der Waals surface area (Å²) in [6, 6.07) is 5.46. The molecular weight excluding hydrogens is 251 g/mol. The van der Waals surface area contributed by atoms with Crippen LogP contribution in [0, 0.1) is 0 Å². The maximum Gasteiger partial charge on any atom is 0.0856 e. The first-order valence-corrected chi connectivity index (χ1v) is 5.94. The molecule has 0 saturated heterocycles. The highest BCUT2D eigenvalue weighted by Gasteiger charge is 2.08. The fourth-order valence-electron chi connectivity index (χ4n) is 1.29. The van der Waals surface area contributed by atoms with E-state index in [4.69, 9.17) is 28.9 Å². The maximum atomic E-state index is 5.94. The second-order valence-corrected chi connectivity index (χ2v) is 4.71. The Hall–Kier alpha value is -0.610. The Kier molecular flexibility index (Phi) is 3.26. The van der Waals surface area contributed by atoms with Crippen LogP contribution in [0.5, 0.6) is 0 Å². The molecule has 0 radical (unpaired) electrons. The van der Waals surface area contributed by atoms with Crippen molar-refractivity contribution in [3.63, 3.8) is 0 Å². The lowest BCUT2D eigenvalue weighted by Gasteiger charge is -2.02. The van der Waals surface area contributed by atoms with Crippen molar-refractivity contribution in [2.75, 3.05) is 0 Å². The van der Waals surface area contributed by atoms with E-state index in [1.54, 1.807) is 29.0 Å². The molecule has 0 bridgehead atoms. The molecule has 0 spiro atoms. The maximum absolute atomic E-state index is 5.94. The number of nitrogens with two attached hydrogens (primary N) is 1. The molecule has 0 saturated carbocycles. The molecule has 0 fully saturated rings. The summed E-state index contributed by atoms with van der Waals surface area (Å²) in [5.74, 6) is 0. The summed E-state index contributed by atoms with van der Waals surface area (Å²) in [6.45, 7) is 0.486. The van der Waals surface area contributed by atoms with E-state index in [9.17, 15) is 0 Å². The van der Waals surface area contributed by atoms with E-state index in [0.717, 1.165) is 16.1 Å². The highest BCUT2D eigenvalue weighted by atomic mass is 35.5. The molecule has 2 aromatic rings. The lowest BCUT2D eigenvalue weighted by molar-refractivity contribution is 1.10. The van der Waals surface area contributed by atoms with Crippen LogP contribution in [0.25, 0.3) is 11.3 Å². The third kappa shape index (κ3) is 2.16. The van der Waals surface area contributed by atoms with Crippen LogP contribution in [0.3, 0.4) is 0 Å². The minimum absolute atomic E-state index is 0.486. The number of benzene rings is 1. The summed E-state index contributed by atoms with van der Waals surface area (Å²) in [5.41, 5.74) is 9.23. The predicted molar refractivity (Wildman–Crippen MR) is 65.5 cm³/mol. The smallest absolute Gasteiger partial charge is 0.0856 e. The van der Waals surface area contributed by atoms with Gasteiger partial charge >= 0.3 is 0 Å². The van der Waals surface area contributed by atoms with Gasteiger partial charge in [0.25, 0.3) is 0 Å². The van der Waals surface area contributed by atoms with Crippen LogP contribution in [-0.2, 0) is 6.54 Å². The lowest BCUT2D eigenvalue weighted by atomic mass is 10.1. The fourth-order valence-corrected chi connectivity index (χ4v) is 2.26. The number of halogens is 2. The van der Waals surface area contributed by atoms with Crippen LogP contribution in [0.15, 0.2) is 23.7 Å². The largest absolute Gasteiger partial charge is 0.326 e. The third-order valence-corrected chi connectivity index (χ3v) is 3.61. The lowest BCUT2D eigenvalue weighted by Crippen LogP contribution is -1.95. The highest BCUT2D eigenvalue weighted by molar-refractivity contribution is 7.10. The van der Waals surface area contributed by atoms with Gasteiger partial charge in [-0.3, -0.25) is 0 Å². The Morgan fingerprint density at radius 1 is 1.27 bits per heavy atom. The first-order chi connectivity index (χ1) is 7.22. The molecule has 0 amide bonds. The molecular formula is C10H8Cl2N2S. The minimum atomic E-state index is 0.486. The van der Waals surface area contributed by atoms with Crippen molar-refractivity contribution >= 4 is 34.5 Å². The third-order valence-electron chi connectivity index (χ3n) is 2.02. The summed E-state index contributed by atoms with van der Waals surface area (Å²) < 4.78 is 0. The van der Waals surface area contributed by atoms with E-state index in [1.807, 2.05) is 6.07 Å². The van der Waals surface area contributed by atoms with Crippen molar-refractivity contribution in [2.45, 2.75) is 6.54 Å². The minimum Gasteiger partial charge on any atom is -0.326 e. The van der Waals surface area contributed by atoms with Gasteiger partial charge in [0.05, 0.1) is 21.2 Å². The van der Waals surface area contributed by atoms with Crippen molar-refractivity contribution < 1.29 is 0 Å². The second kappa shape index (κ2) is 4.49. The SMILES string of the molecule is NCc1scnc1-c1ccc(Cl)c(Cl)c1. The zero-order valence-electron chi connectivity index (χ0n) is 7.71. The van der Waals surface area contributed by atoms with E-state index in [-0.39, 0.29) is 0 Å². The molecule has 0 aliphatic rings. The van der Waals surface area contributed by atoms with Gasteiger partial charge in [0, 0.05) is 17.0 Å². The van der Waals surface area contributed by atoms with Crippen LogP contribution in [0.1, 0.15) is 4.88 Å². The summed E-state index contributed by atoms with van der Waals surface area (Å²) in [6.07, 6.45) is 0. The zero-order chi connectivity index (χ0) is 10.8. The first-order valence-electron chi connectivity index (χ1n) is 4.30. The van der Waals surface area contributed by atoms with Gasteiger partial charge in [0.15, 0.2) is 0 Å². The average molecular weight is 259 g/mol. The first kappa shape index (κ1) is 10.9. The van der Waals surface area contributed by atoms with E-state index in [0.29, 0.717) is 16.6 Å². The van der Waals surface area contributed by atoms with Crippen LogP contribution >= 0.6 is 34.5 Å². The molecule has 0 unspecified atom stereocenters. The molecule has 2 N–H and O–H groups in total. The van der Waals surface area contributed by atoms with E-state index in [1.165, 1.54) is 0 Å². The number of nitrogens with zero attached hydrogens (tertiary/aromatic N) is 1. The van der Waals surface area contributed by atoms with E-state index < -0.39 is 0 Å². The van der Waals surface area contributed by atoms with Gasteiger partial charge in [-0.2, -0.15) is 0 Å². The van der Waals surface area contributed by atoms with Gasteiger partial charge in [0.1, 0.15) is 0 Å². The molecule has 5 heteroatoms. The molecule has 1 aromatic carbocycles. The monoisotopic (exact) mass is 258 g/mol. The molecule has 0 aliphatic carbocycles. The number of thiazole rings is 1. The van der Waals surface area contributed by atoms with Gasteiger partial charge in [-0.15, -0.1) is 11.3 Å². The Labute approximate surface area is 102 Å². The van der Waals surface area contributed by atoms with Crippen LogP contribution in [0.2, 0.25) is 10.0 Å². The molecule has 15 heavy (non-hydrogen) atoms. The summed E-state index contributed by atoms with van der Waals surface area (Å²) in [4.78, 5) is 5.31. The highest BCUT2D eigenvalue weighted by Crippen LogP contribution is 2.30. The topological polar surface area (TPSA) is 38.9 Å². The van der Waals surface area contributed by atoms with Gasteiger partial charge < -0.3 is 5.73 Å². The number of rotatable bonds is 2. The van der Waals surface area contributed by atoms with Gasteiger partial charge in [-0.1, -0.05) is 29.3 Å². The normalized spacial score (nSPS) is 10.6. The van der Waals surface area contributed by atoms with Crippen molar-refractivity contribution in [1.29, 1.82) is 0 Å². The Bertz CT molecular complexity index is 482. The zero-order valence-corrected chi connectivity index (χ0v) is 10.0. The summed E-state index contributed by atoms with van der Waals surface area (Å²) >= 11 is 13.3. The Balaban J connectivity index is 2.50. The quantitative estimate of drug-likeness (QED) is 0.895. The number of hydrogen-bond acceptors (Lipinski definition) is 3. The van der Waals surface area contributed by atoms with Crippen LogP contribution in [0.4, 0.5) is 0 Å². The molecule has 0 atom stereocenters. The summed E-state index contributed by atoms with van der Waals surface area (Å²) in [5, 5.41) is 1.08. The second-order valence-electron chi connectivity index (χ2n) is 2.96. The molecule has 78 valence electrons. The standard InChI is InChI=1S/C10H8Cl2N2S/c11-7-2-1-6(3-8(7)12)10-9(4-13)15-5-14-10/h1-3,5H,4,13H2. The van der Waals surface area contributed by atoms with Crippen molar-refractivity contribution in [3.05, 3.63) is 38.6 Å². The summed E-state index contributed by atoms with van der Waals surface area (Å²) in [7, 11) is 0. The number of aromatic nitrogens is 1. The van der Waals surface area contributed by atoms with Gasteiger partial charge in [0.2, 0.25) is 0 Å². The number of hydrogen-bond donors (Lipinski definition) is 1.